The van der Waals surface area contributed by atoms with Crippen LogP contribution in [0.25, 0.3) is 0 Å². The Morgan fingerprint density at radius 3 is 2.05 bits per heavy atom. The largest absolute Gasteiger partial charge is 0.480 e. The van der Waals surface area contributed by atoms with E-state index in [1.165, 1.54) is 0 Å². The second-order valence-corrected chi connectivity index (χ2v) is 5.35. The molecule has 1 heterocycles. The zero-order chi connectivity index (χ0) is 14.3. The highest BCUT2D eigenvalue weighted by atomic mass is 16.4. The summed E-state index contributed by atoms with van der Waals surface area (Å²) in [6.07, 6.45) is 3.42. The van der Waals surface area contributed by atoms with E-state index in [-0.39, 0.29) is 5.92 Å². The highest BCUT2D eigenvalue weighted by Gasteiger charge is 2.46. The molecule has 2 aliphatic rings. The number of hydrogen-bond acceptors (Lipinski definition) is 3. The van der Waals surface area contributed by atoms with E-state index in [9.17, 15) is 19.5 Å². The van der Waals surface area contributed by atoms with E-state index < -0.39 is 23.8 Å². The number of benzene rings is 1. The molecule has 3 rings (SSSR count). The lowest BCUT2D eigenvalue weighted by molar-refractivity contribution is -0.143. The normalized spacial score (nSPS) is 20.3. The number of amides is 2. The zero-order valence-electron chi connectivity index (χ0n) is 10.9. The third kappa shape index (κ3) is 1.81. The molecule has 1 N–H and O–H groups in total. The Kier molecular flexibility index (Phi) is 3.04. The van der Waals surface area contributed by atoms with Gasteiger partial charge >= 0.3 is 5.97 Å². The second-order valence-electron chi connectivity index (χ2n) is 5.35. The minimum Gasteiger partial charge on any atom is -0.480 e. The zero-order valence-corrected chi connectivity index (χ0v) is 10.9. The van der Waals surface area contributed by atoms with Crippen molar-refractivity contribution >= 4 is 17.8 Å². The maximum Gasteiger partial charge on any atom is 0.327 e. The molecule has 1 aliphatic heterocycles. The van der Waals surface area contributed by atoms with Crippen LogP contribution in [0.2, 0.25) is 0 Å². The van der Waals surface area contributed by atoms with E-state index in [4.69, 9.17) is 0 Å². The maximum absolute atomic E-state index is 12.4. The highest BCUT2D eigenvalue weighted by molar-refractivity contribution is 6.22. The van der Waals surface area contributed by atoms with Crippen LogP contribution in [-0.4, -0.2) is 33.8 Å². The monoisotopic (exact) mass is 273 g/mol. The summed E-state index contributed by atoms with van der Waals surface area (Å²) in [6, 6.07) is 5.47. The SMILES string of the molecule is O=C(O)C(C1CCCC1)N1C(=O)c2ccccc2C1=O. The molecule has 1 saturated carbocycles. The molecule has 1 unspecified atom stereocenters. The van der Waals surface area contributed by atoms with Crippen LogP contribution < -0.4 is 0 Å². The van der Waals surface area contributed by atoms with Crippen LogP contribution in [0.4, 0.5) is 0 Å². The molecular weight excluding hydrogens is 258 g/mol. The van der Waals surface area contributed by atoms with Crippen LogP contribution >= 0.6 is 0 Å². The van der Waals surface area contributed by atoms with Crippen molar-refractivity contribution in [2.45, 2.75) is 31.7 Å². The lowest BCUT2D eigenvalue weighted by Gasteiger charge is -2.27. The predicted molar refractivity (Wildman–Crippen MR) is 70.3 cm³/mol. The summed E-state index contributed by atoms with van der Waals surface area (Å²) in [5.74, 6) is -2.18. The number of carbonyl (C=O) groups is 3. The molecule has 0 aromatic heterocycles. The number of rotatable bonds is 3. The van der Waals surface area contributed by atoms with Gasteiger partial charge in [-0.15, -0.1) is 0 Å². The maximum atomic E-state index is 12.4. The first-order valence-electron chi connectivity index (χ1n) is 6.81. The van der Waals surface area contributed by atoms with Gasteiger partial charge in [-0.3, -0.25) is 14.5 Å². The van der Waals surface area contributed by atoms with Crippen molar-refractivity contribution in [3.05, 3.63) is 35.4 Å². The molecule has 2 amide bonds. The summed E-state index contributed by atoms with van der Waals surface area (Å²) in [5.41, 5.74) is 0.614. The van der Waals surface area contributed by atoms with Crippen molar-refractivity contribution in [1.82, 2.24) is 4.90 Å². The number of fused-ring (bicyclic) bond motifs is 1. The van der Waals surface area contributed by atoms with Crippen molar-refractivity contribution in [3.8, 4) is 0 Å². The number of carbonyl (C=O) groups excluding carboxylic acids is 2. The van der Waals surface area contributed by atoms with Crippen LogP contribution in [-0.2, 0) is 4.79 Å². The molecule has 0 radical (unpaired) electrons. The summed E-state index contributed by atoms with van der Waals surface area (Å²) < 4.78 is 0. The lowest BCUT2D eigenvalue weighted by atomic mass is 9.96. The van der Waals surface area contributed by atoms with E-state index >= 15 is 0 Å². The van der Waals surface area contributed by atoms with Crippen molar-refractivity contribution in [2.24, 2.45) is 5.92 Å². The van der Waals surface area contributed by atoms with Gasteiger partial charge in [-0.1, -0.05) is 25.0 Å². The van der Waals surface area contributed by atoms with Crippen LogP contribution in [0.1, 0.15) is 46.4 Å². The molecule has 5 heteroatoms. The van der Waals surface area contributed by atoms with Gasteiger partial charge in [0.1, 0.15) is 6.04 Å². The molecule has 0 spiro atoms. The van der Waals surface area contributed by atoms with E-state index in [1.807, 2.05) is 0 Å². The molecule has 1 aliphatic carbocycles. The number of hydrogen-bond donors (Lipinski definition) is 1. The summed E-state index contributed by atoms with van der Waals surface area (Å²) in [6.45, 7) is 0. The summed E-state index contributed by atoms with van der Waals surface area (Å²) >= 11 is 0. The third-order valence-corrected chi connectivity index (χ3v) is 4.20. The topological polar surface area (TPSA) is 74.7 Å². The molecule has 1 atom stereocenters. The van der Waals surface area contributed by atoms with Gasteiger partial charge < -0.3 is 5.11 Å². The quantitative estimate of drug-likeness (QED) is 0.854. The number of imide groups is 1. The summed E-state index contributed by atoms with van der Waals surface area (Å²) in [7, 11) is 0. The Hall–Kier alpha value is -2.17. The van der Waals surface area contributed by atoms with Gasteiger partial charge in [0.15, 0.2) is 0 Å². The van der Waals surface area contributed by atoms with Crippen molar-refractivity contribution in [2.75, 3.05) is 0 Å². The molecule has 20 heavy (non-hydrogen) atoms. The molecule has 5 nitrogen and oxygen atoms in total. The minimum absolute atomic E-state index is 0.130. The third-order valence-electron chi connectivity index (χ3n) is 4.20. The van der Waals surface area contributed by atoms with Gasteiger partial charge in [0.2, 0.25) is 0 Å². The fourth-order valence-electron chi connectivity index (χ4n) is 3.26. The van der Waals surface area contributed by atoms with Gasteiger partial charge in [-0.25, -0.2) is 4.79 Å². The number of carboxylic acid groups (broad SMARTS) is 1. The van der Waals surface area contributed by atoms with Crippen molar-refractivity contribution in [1.29, 1.82) is 0 Å². The van der Waals surface area contributed by atoms with E-state index in [1.54, 1.807) is 24.3 Å². The molecule has 1 aromatic carbocycles. The molecular formula is C15H15NO4. The van der Waals surface area contributed by atoms with Crippen molar-refractivity contribution < 1.29 is 19.5 Å². The minimum atomic E-state index is -1.09. The Labute approximate surface area is 116 Å². The Morgan fingerprint density at radius 2 is 1.60 bits per heavy atom. The van der Waals surface area contributed by atoms with E-state index in [0.717, 1.165) is 30.6 Å². The van der Waals surface area contributed by atoms with Gasteiger partial charge in [0.05, 0.1) is 11.1 Å². The van der Waals surface area contributed by atoms with Gasteiger partial charge in [0, 0.05) is 0 Å². The Morgan fingerprint density at radius 1 is 1.10 bits per heavy atom. The average Bonchev–Trinajstić information content (AvgIpc) is 3.03. The summed E-state index contributed by atoms with van der Waals surface area (Å²) in [5, 5.41) is 9.46. The first-order chi connectivity index (χ1) is 9.61. The van der Waals surface area contributed by atoms with E-state index in [0.29, 0.717) is 11.1 Å². The number of carboxylic acids is 1. The first-order valence-corrected chi connectivity index (χ1v) is 6.81. The molecule has 0 bridgehead atoms. The smallest absolute Gasteiger partial charge is 0.327 e. The van der Waals surface area contributed by atoms with Gasteiger partial charge in [-0.05, 0) is 30.9 Å². The highest BCUT2D eigenvalue weighted by Crippen LogP contribution is 2.34. The second kappa shape index (κ2) is 4.74. The average molecular weight is 273 g/mol. The predicted octanol–water partition coefficient (Wildman–Crippen LogP) is 1.93. The van der Waals surface area contributed by atoms with Crippen LogP contribution in [0.5, 0.6) is 0 Å². The van der Waals surface area contributed by atoms with Gasteiger partial charge in [0.25, 0.3) is 11.8 Å². The van der Waals surface area contributed by atoms with Crippen LogP contribution in [0.15, 0.2) is 24.3 Å². The lowest BCUT2D eigenvalue weighted by Crippen LogP contribution is -2.48. The van der Waals surface area contributed by atoms with Crippen LogP contribution in [0.3, 0.4) is 0 Å². The fourth-order valence-corrected chi connectivity index (χ4v) is 3.26. The van der Waals surface area contributed by atoms with Gasteiger partial charge in [-0.2, -0.15) is 0 Å². The Bertz CT molecular complexity index is 554. The molecule has 1 aromatic rings. The molecule has 0 saturated heterocycles. The standard InChI is InChI=1S/C15H15NO4/c17-13-10-7-3-4-8-11(10)14(18)16(13)12(15(19)20)9-5-1-2-6-9/h3-4,7-9,12H,1-2,5-6H2,(H,19,20). The molecule has 104 valence electrons. The van der Waals surface area contributed by atoms with Crippen LogP contribution in [0, 0.1) is 5.92 Å². The fraction of sp³-hybridized carbons (Fsp3) is 0.400. The summed E-state index contributed by atoms with van der Waals surface area (Å²) in [4.78, 5) is 37.2. The Balaban J connectivity index is 1.99. The molecule has 1 fully saturated rings. The number of nitrogens with zero attached hydrogens (tertiary/aromatic N) is 1. The number of aliphatic carboxylic acids is 1. The van der Waals surface area contributed by atoms with Crippen molar-refractivity contribution in [3.63, 3.8) is 0 Å². The first kappa shape index (κ1) is 12.8. The van der Waals surface area contributed by atoms with E-state index in [2.05, 4.69) is 0 Å².